The van der Waals surface area contributed by atoms with Crippen LogP contribution in [-0.2, 0) is 94.0 Å². The van der Waals surface area contributed by atoms with Crippen molar-refractivity contribution in [3.8, 4) is 11.1 Å². The zero-order valence-corrected chi connectivity index (χ0v) is 88.9. The summed E-state index contributed by atoms with van der Waals surface area (Å²) in [7, 11) is 8.14. The number of benzene rings is 1. The van der Waals surface area contributed by atoms with Crippen molar-refractivity contribution in [2.24, 2.45) is 27.1 Å². The van der Waals surface area contributed by atoms with Crippen LogP contribution in [0, 0.1) is 34.0 Å². The minimum atomic E-state index is -1.04. The van der Waals surface area contributed by atoms with Crippen molar-refractivity contribution in [3.63, 3.8) is 0 Å². The SMILES string of the molecule is CCOC(=O)[C@@H]1CC2(CO)CC2N1C(=O)OC(C)(C)C.CCOC(=O)[C@@H]1CC2(COC)CC2N1C(=O)OC(C)(C)C.COCC12CC1N(C(=O)OC(C)(C)C)[C@H](C(=O)Nc1cccc(Br)n1)C2.COCC12CC1N(C(=O)OC(C)(C)C)[C@H](C(=O)O)C2.COCC12CC1N[C@H](C(=O)Nc1cccc(Br)n1)C2.COCc1cc(-c2cnc(C)nc2)cc2c(C(C)=O)nn(CC(=O)O)c12.Nc1cccc(Br)n1.[Li+].[OH-]. The number of pyridine rings is 3. The number of nitrogens with zero attached hydrogens (tertiary/aromatic N) is 11. The number of anilines is 3. The molecule has 45 heteroatoms. The number of aromatic nitrogens is 7. The number of rotatable bonds is 24. The maximum atomic E-state index is 12.9. The van der Waals surface area contributed by atoms with Crippen molar-refractivity contribution < 1.29 is 145 Å². The first-order chi connectivity index (χ1) is 65.1. The van der Waals surface area contributed by atoms with Crippen LogP contribution < -0.4 is 40.5 Å². The summed E-state index contributed by atoms with van der Waals surface area (Å²) in [6.07, 6.45) is 8.66. The molecule has 10 fully saturated rings. The third kappa shape index (κ3) is 29.8. The Balaban J connectivity index is 0.000000204. The third-order valence-corrected chi connectivity index (χ3v) is 26.3. The van der Waals surface area contributed by atoms with Gasteiger partial charge in [-0.25, -0.2) is 58.5 Å². The topological polar surface area (TPSA) is 537 Å². The predicted molar refractivity (Wildman–Crippen MR) is 520 cm³/mol. The number of Topliss-reactive ketones (excluding diaryl/α,β-unsaturated/α-hetero) is 1. The Morgan fingerprint density at radius 1 is 0.504 bits per heavy atom. The fraction of sp³-hybridized carbons (Fsp3) is 0.615. The number of hydrogen-bond acceptors (Lipinski definition) is 32. The molecule has 10 aliphatic rings. The largest absolute Gasteiger partial charge is 1.00 e. The number of carbonyl (C=O) groups excluding carboxylic acids is 9. The number of ketones is 1. The molecule has 9 N–H and O–H groups in total. The molecule has 0 radical (unpaired) electrons. The first-order valence-corrected chi connectivity index (χ1v) is 48.3. The van der Waals surface area contributed by atoms with Gasteiger partial charge in [-0.05, 0) is 270 Å². The standard InChI is InChI=1S/C18H24BrN3O4.C18H18N4O4.C15H25NO5.C14H23NO5.C13H16BrN3O2.C13H21NO5.C5H5BrN2.Li.H2O/c1-17(2,3)26-16(24)22-11(8-18(10-25-4)9-12(18)22)15(23)21-14-7-5-6-13(19)20-14;1-10(23)17-15-5-12(14-6-19-11(2)20-7-14)4-13(9-26-3)18(15)22(21-17)8-16(24)25;1-6-20-12(17)10-7-15(9-19-5)8-11(15)16(10)13(18)21-14(2,3)4;1-5-19-11(17)9-6-14(8-16)7-10(14)15(9)12(18)20-13(2,3)4;1-19-7-13-5-8(15-9(13)6-13)12(18)17-11-4-2-3-10(14)16-11;1-12(2,3)19-11(17)14-8(10(15)16)5-13(7-18-4)6-9(13)14;6-4-2-1-3-5(7)8-4;;/h5-7,11-12H,8-10H2,1-4H3,(H,20,21,23);4-7H,8-9H2,1-3H3,(H,24,25);10-11H,6-9H2,1-5H3;9-10,16H,5-8H2,1-4H3;2-4,8-9,15H,5-7H2,1H3,(H,16,17,18);8-9H,5-7H2,1-4H3,(H,15,16);1-3H,(H2,7,8);;1H2/q;;;;;;;+1;/p-1/t11-,12?,18?;;10-,11?,15?;9-,10?,14?;2*8-,9?,13?;;;/m0.0000.../s1. The summed E-state index contributed by atoms with van der Waals surface area (Å²) in [6.45, 7) is 31.0. The van der Waals surface area contributed by atoms with Crippen molar-refractivity contribution in [1.29, 1.82) is 0 Å². The van der Waals surface area contributed by atoms with E-state index in [0.29, 0.717) is 102 Å². The van der Waals surface area contributed by atoms with Gasteiger partial charge in [-0.2, -0.15) is 5.10 Å². The second-order valence-electron chi connectivity index (χ2n) is 40.5. The smallest absolute Gasteiger partial charge is 0.870 e. The number of aryl methyl sites for hydroxylation is 1. The molecule has 0 bridgehead atoms. The Morgan fingerprint density at radius 3 is 1.28 bits per heavy atom. The Morgan fingerprint density at radius 2 is 0.894 bits per heavy atom. The molecular weight excluding hydrogens is 2030 g/mol. The molecule has 5 aromatic heterocycles. The minimum Gasteiger partial charge on any atom is -0.870 e. The van der Waals surface area contributed by atoms with E-state index in [9.17, 15) is 63.0 Å². The summed E-state index contributed by atoms with van der Waals surface area (Å²) in [5.74, 6) is -1.10. The minimum absolute atomic E-state index is 0. The number of likely N-dealkylation sites (tertiary alicyclic amines) is 4. The summed E-state index contributed by atoms with van der Waals surface area (Å²) < 4.78 is 61.5. The number of piperidine rings is 5. The number of aliphatic hydroxyl groups excluding tert-OH is 1. The third-order valence-electron chi connectivity index (χ3n) is 25.0. The van der Waals surface area contributed by atoms with E-state index in [-0.39, 0.29) is 137 Å². The predicted octanol–water partition coefficient (Wildman–Crippen LogP) is 9.99. The molecule has 16 rings (SSSR count). The van der Waals surface area contributed by atoms with Gasteiger partial charge in [0.15, 0.2) is 5.78 Å². The molecule has 6 amide bonds. The fourth-order valence-electron chi connectivity index (χ4n) is 18.7. The fourth-order valence-corrected chi connectivity index (χ4v) is 19.8. The summed E-state index contributed by atoms with van der Waals surface area (Å²) >= 11 is 9.74. The number of aliphatic hydroxyl groups is 1. The van der Waals surface area contributed by atoms with Gasteiger partial charge in [0, 0.05) is 129 Å². The quantitative estimate of drug-likeness (QED) is 0.00973. The average molecular weight is 2160 g/mol. The van der Waals surface area contributed by atoms with Crippen LogP contribution in [0.5, 0.6) is 0 Å². The first kappa shape index (κ1) is 117. The van der Waals surface area contributed by atoms with Gasteiger partial charge in [-0.15, -0.1) is 0 Å². The maximum absolute atomic E-state index is 12.9. The molecule has 10 heterocycles. The number of aliphatic carboxylic acids is 2. The van der Waals surface area contributed by atoms with E-state index in [1.165, 1.54) is 21.4 Å². The molecule has 5 saturated heterocycles. The Hall–Kier alpha value is -9.69. The maximum Gasteiger partial charge on any atom is 1.00 e. The van der Waals surface area contributed by atoms with E-state index in [1.807, 2.05) is 77.9 Å². The average Bonchev–Trinajstić information content (AvgIpc) is 1.54. The molecule has 0 spiro atoms. The van der Waals surface area contributed by atoms with Crippen LogP contribution in [0.15, 0.2) is 92.9 Å². The van der Waals surface area contributed by atoms with Crippen LogP contribution in [0.2, 0.25) is 0 Å². The number of nitrogens with one attached hydrogen (secondary N) is 3. The molecule has 141 heavy (non-hydrogen) atoms. The molecule has 1 aromatic carbocycles. The molecular formula is C96H133Br3LiN15O26. The number of nitrogens with two attached hydrogens (primary N) is 1. The van der Waals surface area contributed by atoms with Crippen molar-refractivity contribution in [3.05, 3.63) is 110 Å². The van der Waals surface area contributed by atoms with Crippen LogP contribution in [-0.4, -0.2) is 306 Å². The Labute approximate surface area is 857 Å². The van der Waals surface area contributed by atoms with Crippen LogP contribution in [0.3, 0.4) is 0 Å². The van der Waals surface area contributed by atoms with E-state index < -0.39 is 88.9 Å². The van der Waals surface area contributed by atoms with Crippen molar-refractivity contribution in [2.45, 2.75) is 271 Å². The van der Waals surface area contributed by atoms with Gasteiger partial charge in [-0.1, -0.05) is 18.2 Å². The molecule has 5 saturated carbocycles. The van der Waals surface area contributed by atoms with Crippen molar-refractivity contribution in [2.75, 3.05) is 98.2 Å². The summed E-state index contributed by atoms with van der Waals surface area (Å²) in [4.78, 5) is 160. The summed E-state index contributed by atoms with van der Waals surface area (Å²) in [5, 5.41) is 41.7. The Kier molecular flexibility index (Phi) is 39.6. The van der Waals surface area contributed by atoms with Crippen molar-refractivity contribution >= 4 is 142 Å². The van der Waals surface area contributed by atoms with E-state index in [4.69, 9.17) is 62.9 Å². The van der Waals surface area contributed by atoms with Crippen LogP contribution in [0.1, 0.15) is 190 Å². The number of carboxylic acid groups (broad SMARTS) is 2. The molecule has 770 valence electrons. The number of ether oxygens (including phenoxy) is 11. The summed E-state index contributed by atoms with van der Waals surface area (Å²) in [5.41, 5.74) is 5.41. The van der Waals surface area contributed by atoms with Crippen molar-refractivity contribution in [1.82, 2.24) is 59.6 Å². The summed E-state index contributed by atoms with van der Waals surface area (Å²) in [6, 6.07) is 17.3. The number of carbonyl (C=O) groups is 11. The Bertz CT molecular complexity index is 5430. The molecule has 5 aliphatic heterocycles. The first-order valence-electron chi connectivity index (χ1n) is 45.9. The van der Waals surface area contributed by atoms with Crippen LogP contribution in [0.4, 0.5) is 36.6 Å². The zero-order chi connectivity index (χ0) is 103. The number of amides is 6. The van der Waals surface area contributed by atoms with E-state index in [0.717, 1.165) is 66.4 Å². The van der Waals surface area contributed by atoms with Gasteiger partial charge in [0.2, 0.25) is 11.8 Å². The number of halogens is 3. The van der Waals surface area contributed by atoms with E-state index >= 15 is 0 Å². The second kappa shape index (κ2) is 47.9. The van der Waals surface area contributed by atoms with Gasteiger partial charge in [-0.3, -0.25) is 43.5 Å². The van der Waals surface area contributed by atoms with Gasteiger partial charge in [0.05, 0.1) is 64.4 Å². The molecule has 6 aromatic rings. The molecule has 10 unspecified atom stereocenters. The number of carboxylic acids is 2. The number of esters is 2. The monoisotopic (exact) mass is 2160 g/mol. The molecule has 15 atom stereocenters. The van der Waals surface area contributed by atoms with Gasteiger partial charge >= 0.3 is 67.1 Å². The normalized spacial score (nSPS) is 25.4. The zero-order valence-electron chi connectivity index (χ0n) is 84.1. The van der Waals surface area contributed by atoms with E-state index in [1.54, 1.807) is 150 Å². The van der Waals surface area contributed by atoms with Crippen LogP contribution >= 0.6 is 47.8 Å². The number of methoxy groups -OCH3 is 5. The second-order valence-corrected chi connectivity index (χ2v) is 43.0. The molecule has 5 aliphatic carbocycles. The van der Waals surface area contributed by atoms with E-state index in [2.05, 4.69) is 93.8 Å². The number of nitrogen functional groups attached to an aromatic ring is 1. The van der Waals surface area contributed by atoms with Crippen LogP contribution in [0.25, 0.3) is 22.0 Å². The molecule has 41 nitrogen and oxygen atoms in total. The number of hydrogen-bond donors (Lipinski definition) is 7. The van der Waals surface area contributed by atoms with Gasteiger partial charge in [0.1, 0.15) is 95.9 Å². The number of fused-ring (bicyclic) bond motifs is 6. The van der Waals surface area contributed by atoms with Gasteiger partial charge < -0.3 is 94.6 Å². The van der Waals surface area contributed by atoms with Gasteiger partial charge in [0.25, 0.3) is 0 Å².